The standard InChI is InChI=1S/C28H29FN4O3/c1-28(2,10-11-30)26-25(16-4-6-17(7-5-16)27(34)35)20-14-22-18(15-31-32-22)12-23(20)33(26)19-8-9-21(29)24(13-19)36-3/h8-9,12-17H,4-7,10H2,1-3H3,(H,31,32)(H,34,35). The minimum Gasteiger partial charge on any atom is -0.494 e. The first-order valence-electron chi connectivity index (χ1n) is 12.2. The Morgan fingerprint density at radius 1 is 1.28 bits per heavy atom. The summed E-state index contributed by atoms with van der Waals surface area (Å²) < 4.78 is 21.8. The summed E-state index contributed by atoms with van der Waals surface area (Å²) in [7, 11) is 1.44. The van der Waals surface area contributed by atoms with Crippen molar-refractivity contribution in [1.82, 2.24) is 14.8 Å². The third kappa shape index (κ3) is 3.89. The maximum absolute atomic E-state index is 14.4. The lowest BCUT2D eigenvalue weighted by atomic mass is 9.74. The SMILES string of the molecule is COc1cc(-n2c(C(C)(C)CC#N)c(C3CCC(C(=O)O)CC3)c3cc4[nH]ncc4cc32)ccc1F. The van der Waals surface area contributed by atoms with Crippen LogP contribution in [-0.2, 0) is 10.2 Å². The number of halogens is 1. The van der Waals surface area contributed by atoms with Gasteiger partial charge in [-0.3, -0.25) is 9.89 Å². The lowest BCUT2D eigenvalue weighted by Gasteiger charge is -2.32. The fourth-order valence-corrected chi connectivity index (χ4v) is 5.80. The van der Waals surface area contributed by atoms with Crippen LogP contribution in [0, 0.1) is 23.1 Å². The number of carboxylic acid groups (broad SMARTS) is 1. The molecule has 5 rings (SSSR count). The monoisotopic (exact) mass is 488 g/mol. The summed E-state index contributed by atoms with van der Waals surface area (Å²) in [5, 5.41) is 28.5. The predicted octanol–water partition coefficient (Wildman–Crippen LogP) is 6.20. The van der Waals surface area contributed by atoms with Gasteiger partial charge in [0.25, 0.3) is 0 Å². The highest BCUT2D eigenvalue weighted by atomic mass is 19.1. The fraction of sp³-hybridized carbons (Fsp3) is 0.393. The van der Waals surface area contributed by atoms with Crippen LogP contribution in [0.25, 0.3) is 27.5 Å². The zero-order valence-electron chi connectivity index (χ0n) is 20.6. The normalized spacial score (nSPS) is 18.4. The van der Waals surface area contributed by atoms with Crippen molar-refractivity contribution >= 4 is 27.8 Å². The van der Waals surface area contributed by atoms with Crippen LogP contribution >= 0.6 is 0 Å². The third-order valence-corrected chi connectivity index (χ3v) is 7.61. The predicted molar refractivity (Wildman–Crippen MR) is 135 cm³/mol. The van der Waals surface area contributed by atoms with E-state index in [9.17, 15) is 19.6 Å². The number of hydrogen-bond acceptors (Lipinski definition) is 4. The lowest BCUT2D eigenvalue weighted by Crippen LogP contribution is -2.25. The number of aromatic amines is 1. The van der Waals surface area contributed by atoms with E-state index >= 15 is 0 Å². The number of methoxy groups -OCH3 is 1. The van der Waals surface area contributed by atoms with Gasteiger partial charge in [-0.1, -0.05) is 13.8 Å². The summed E-state index contributed by atoms with van der Waals surface area (Å²) in [5.74, 6) is -1.23. The largest absolute Gasteiger partial charge is 0.494 e. The van der Waals surface area contributed by atoms with Crippen LogP contribution in [0.1, 0.15) is 63.1 Å². The Balaban J connectivity index is 1.84. The Morgan fingerprint density at radius 2 is 2.03 bits per heavy atom. The van der Waals surface area contributed by atoms with E-state index in [4.69, 9.17) is 4.74 Å². The zero-order chi connectivity index (χ0) is 25.6. The first kappa shape index (κ1) is 23.9. The average Bonchev–Trinajstić information content (AvgIpc) is 3.45. The molecule has 1 aliphatic rings. The van der Waals surface area contributed by atoms with Gasteiger partial charge in [0.15, 0.2) is 11.6 Å². The number of rotatable bonds is 6. The topological polar surface area (TPSA) is 104 Å². The number of H-pyrrole nitrogens is 1. The molecule has 36 heavy (non-hydrogen) atoms. The van der Waals surface area contributed by atoms with E-state index in [-0.39, 0.29) is 17.6 Å². The van der Waals surface area contributed by atoms with E-state index in [1.807, 2.05) is 0 Å². The second-order valence-electron chi connectivity index (χ2n) is 10.3. The number of nitrogens with zero attached hydrogens (tertiary/aromatic N) is 3. The summed E-state index contributed by atoms with van der Waals surface area (Å²) in [6.45, 7) is 4.11. The molecule has 0 saturated heterocycles. The molecule has 2 heterocycles. The minimum absolute atomic E-state index is 0.139. The Morgan fingerprint density at radius 3 is 2.69 bits per heavy atom. The smallest absolute Gasteiger partial charge is 0.306 e. The van der Waals surface area contributed by atoms with E-state index in [2.05, 4.69) is 46.8 Å². The molecule has 1 aliphatic carbocycles. The van der Waals surface area contributed by atoms with E-state index in [0.29, 0.717) is 19.3 Å². The highest BCUT2D eigenvalue weighted by molar-refractivity contribution is 5.99. The summed E-state index contributed by atoms with van der Waals surface area (Å²) >= 11 is 0. The first-order valence-corrected chi connectivity index (χ1v) is 12.2. The molecule has 0 unspecified atom stereocenters. The Hall–Kier alpha value is -3.86. The van der Waals surface area contributed by atoms with Gasteiger partial charge >= 0.3 is 5.97 Å². The van der Waals surface area contributed by atoms with Crippen LogP contribution in [0.15, 0.2) is 36.5 Å². The molecule has 0 atom stereocenters. The number of aliphatic carboxylic acids is 1. The van der Waals surface area contributed by atoms with Crippen molar-refractivity contribution in [3.05, 3.63) is 53.6 Å². The average molecular weight is 489 g/mol. The van der Waals surface area contributed by atoms with Crippen molar-refractivity contribution in [2.75, 3.05) is 7.11 Å². The van der Waals surface area contributed by atoms with Crippen LogP contribution < -0.4 is 4.74 Å². The molecular weight excluding hydrogens is 459 g/mol. The molecule has 8 heteroatoms. The maximum Gasteiger partial charge on any atom is 0.306 e. The van der Waals surface area contributed by atoms with Crippen LogP contribution in [-0.4, -0.2) is 33.0 Å². The molecule has 0 aliphatic heterocycles. The Bertz CT molecular complexity index is 1500. The maximum atomic E-state index is 14.4. The molecule has 2 aromatic heterocycles. The highest BCUT2D eigenvalue weighted by Gasteiger charge is 2.37. The number of fused-ring (bicyclic) bond motifs is 2. The first-order chi connectivity index (χ1) is 17.2. The van der Waals surface area contributed by atoms with E-state index in [0.717, 1.165) is 51.6 Å². The van der Waals surface area contributed by atoms with Crippen molar-refractivity contribution in [3.8, 4) is 17.5 Å². The summed E-state index contributed by atoms with van der Waals surface area (Å²) in [4.78, 5) is 11.6. The van der Waals surface area contributed by atoms with Gasteiger partial charge in [-0.2, -0.15) is 10.4 Å². The van der Waals surface area contributed by atoms with Gasteiger partial charge in [-0.25, -0.2) is 4.39 Å². The number of carbonyl (C=O) groups is 1. The lowest BCUT2D eigenvalue weighted by molar-refractivity contribution is -0.142. The van der Waals surface area contributed by atoms with Crippen LogP contribution in [0.5, 0.6) is 5.75 Å². The van der Waals surface area contributed by atoms with Crippen molar-refractivity contribution in [3.63, 3.8) is 0 Å². The number of benzene rings is 2. The summed E-state index contributed by atoms with van der Waals surface area (Å²) in [6, 6.07) is 11.3. The number of hydrogen-bond donors (Lipinski definition) is 2. The Labute approximate surface area is 208 Å². The van der Waals surface area contributed by atoms with Gasteiger partial charge in [-0.05, 0) is 61.4 Å². The van der Waals surface area contributed by atoms with Gasteiger partial charge in [0.05, 0.1) is 36.3 Å². The molecule has 186 valence electrons. The van der Waals surface area contributed by atoms with Gasteiger partial charge in [0.2, 0.25) is 0 Å². The molecule has 0 radical (unpaired) electrons. The quantitative estimate of drug-likeness (QED) is 0.336. The van der Waals surface area contributed by atoms with Crippen molar-refractivity contribution in [1.29, 1.82) is 5.26 Å². The molecule has 7 nitrogen and oxygen atoms in total. The molecule has 2 aromatic carbocycles. The summed E-state index contributed by atoms with van der Waals surface area (Å²) in [6.07, 6.45) is 4.79. The van der Waals surface area contributed by atoms with Crippen LogP contribution in [0.2, 0.25) is 0 Å². The van der Waals surface area contributed by atoms with Gasteiger partial charge in [0.1, 0.15) is 0 Å². The molecule has 1 saturated carbocycles. The molecule has 4 aromatic rings. The molecule has 0 bridgehead atoms. The third-order valence-electron chi connectivity index (χ3n) is 7.61. The van der Waals surface area contributed by atoms with Crippen LogP contribution in [0.4, 0.5) is 4.39 Å². The Kier molecular flexibility index (Phi) is 5.95. The van der Waals surface area contributed by atoms with Gasteiger partial charge in [0, 0.05) is 40.1 Å². The van der Waals surface area contributed by atoms with Gasteiger partial charge < -0.3 is 14.4 Å². The van der Waals surface area contributed by atoms with E-state index < -0.39 is 17.2 Å². The van der Waals surface area contributed by atoms with Crippen molar-refractivity contribution in [2.24, 2.45) is 5.92 Å². The second-order valence-corrected chi connectivity index (χ2v) is 10.3. The number of nitrogens with one attached hydrogen (secondary N) is 1. The highest BCUT2D eigenvalue weighted by Crippen LogP contribution is 2.47. The van der Waals surface area contributed by atoms with Crippen LogP contribution in [0.3, 0.4) is 0 Å². The molecule has 0 spiro atoms. The number of ether oxygens (including phenoxy) is 1. The summed E-state index contributed by atoms with van der Waals surface area (Å²) in [5.41, 5.74) is 4.18. The molecular formula is C28H29FN4O3. The van der Waals surface area contributed by atoms with Gasteiger partial charge in [-0.15, -0.1) is 0 Å². The van der Waals surface area contributed by atoms with Crippen molar-refractivity contribution in [2.45, 2.75) is 57.3 Å². The molecule has 1 fully saturated rings. The number of aromatic nitrogens is 3. The minimum atomic E-state index is -0.738. The second kappa shape index (κ2) is 8.98. The fourth-order valence-electron chi connectivity index (χ4n) is 5.80. The molecule has 0 amide bonds. The number of carboxylic acids is 1. The number of nitriles is 1. The van der Waals surface area contributed by atoms with E-state index in [1.54, 1.807) is 18.3 Å². The molecule has 2 N–H and O–H groups in total. The zero-order valence-corrected chi connectivity index (χ0v) is 20.6. The van der Waals surface area contributed by atoms with E-state index in [1.165, 1.54) is 13.2 Å². The van der Waals surface area contributed by atoms with Crippen molar-refractivity contribution < 1.29 is 19.0 Å².